The summed E-state index contributed by atoms with van der Waals surface area (Å²) < 4.78 is 4.88. The molecule has 0 aliphatic carbocycles. The quantitative estimate of drug-likeness (QED) is 0.454. The second kappa shape index (κ2) is 5.24. The molecule has 0 aliphatic heterocycles. The SMILES string of the molecule is CCCCC(=O)Oc1cc(O)ccc1O. The Kier molecular flexibility index (Phi) is 3.97. The van der Waals surface area contributed by atoms with E-state index in [9.17, 15) is 9.90 Å². The van der Waals surface area contributed by atoms with E-state index >= 15 is 0 Å². The summed E-state index contributed by atoms with van der Waals surface area (Å²) in [6.45, 7) is 1.97. The zero-order valence-electron chi connectivity index (χ0n) is 8.56. The molecule has 0 unspecified atom stereocenters. The van der Waals surface area contributed by atoms with Gasteiger partial charge in [0.1, 0.15) is 5.75 Å². The predicted octanol–water partition coefficient (Wildman–Crippen LogP) is 2.19. The summed E-state index contributed by atoms with van der Waals surface area (Å²) in [6.07, 6.45) is 1.96. The fourth-order valence-corrected chi connectivity index (χ4v) is 1.08. The zero-order valence-corrected chi connectivity index (χ0v) is 8.56. The Hall–Kier alpha value is -1.71. The van der Waals surface area contributed by atoms with E-state index in [2.05, 4.69) is 0 Å². The third-order valence-electron chi connectivity index (χ3n) is 1.90. The molecule has 0 saturated heterocycles. The molecule has 1 aromatic rings. The number of carbonyl (C=O) groups is 1. The Bertz CT molecular complexity index is 346. The number of hydrogen-bond donors (Lipinski definition) is 2. The minimum Gasteiger partial charge on any atom is -0.508 e. The van der Waals surface area contributed by atoms with Gasteiger partial charge in [-0.1, -0.05) is 13.3 Å². The number of hydrogen-bond acceptors (Lipinski definition) is 4. The van der Waals surface area contributed by atoms with Gasteiger partial charge in [0.15, 0.2) is 11.5 Å². The van der Waals surface area contributed by atoms with Gasteiger partial charge >= 0.3 is 5.97 Å². The largest absolute Gasteiger partial charge is 0.508 e. The molecule has 0 spiro atoms. The highest BCUT2D eigenvalue weighted by Gasteiger charge is 2.08. The van der Waals surface area contributed by atoms with Gasteiger partial charge in [-0.2, -0.15) is 0 Å². The Balaban J connectivity index is 2.63. The maximum Gasteiger partial charge on any atom is 0.311 e. The smallest absolute Gasteiger partial charge is 0.311 e. The van der Waals surface area contributed by atoms with E-state index in [1.807, 2.05) is 6.92 Å². The molecule has 0 amide bonds. The highest BCUT2D eigenvalue weighted by Crippen LogP contribution is 2.29. The van der Waals surface area contributed by atoms with E-state index in [1.165, 1.54) is 18.2 Å². The van der Waals surface area contributed by atoms with Crippen molar-refractivity contribution in [3.05, 3.63) is 18.2 Å². The van der Waals surface area contributed by atoms with Gasteiger partial charge in [-0.3, -0.25) is 4.79 Å². The monoisotopic (exact) mass is 210 g/mol. The predicted molar refractivity (Wildman–Crippen MR) is 54.9 cm³/mol. The van der Waals surface area contributed by atoms with E-state index in [4.69, 9.17) is 9.84 Å². The molecule has 4 heteroatoms. The molecular formula is C11H14O4. The Morgan fingerprint density at radius 1 is 1.40 bits per heavy atom. The highest BCUT2D eigenvalue weighted by molar-refractivity contribution is 5.73. The zero-order chi connectivity index (χ0) is 11.3. The van der Waals surface area contributed by atoms with E-state index in [0.29, 0.717) is 6.42 Å². The highest BCUT2D eigenvalue weighted by atomic mass is 16.5. The molecule has 0 aromatic heterocycles. The molecule has 15 heavy (non-hydrogen) atoms. The maximum absolute atomic E-state index is 11.2. The summed E-state index contributed by atoms with van der Waals surface area (Å²) in [6, 6.07) is 3.80. The number of esters is 1. The minimum atomic E-state index is -0.405. The number of phenols is 2. The van der Waals surface area contributed by atoms with Crippen LogP contribution >= 0.6 is 0 Å². The molecule has 0 saturated carbocycles. The van der Waals surface area contributed by atoms with Gasteiger partial charge in [-0.15, -0.1) is 0 Å². The van der Waals surface area contributed by atoms with Crippen molar-refractivity contribution in [2.24, 2.45) is 0 Å². The molecule has 0 radical (unpaired) electrons. The molecule has 0 atom stereocenters. The fraction of sp³-hybridized carbons (Fsp3) is 0.364. The Labute approximate surface area is 88.1 Å². The van der Waals surface area contributed by atoms with Crippen molar-refractivity contribution < 1.29 is 19.7 Å². The van der Waals surface area contributed by atoms with Crippen LogP contribution < -0.4 is 4.74 Å². The standard InChI is InChI=1S/C11H14O4/c1-2-3-4-11(14)15-10-7-8(12)5-6-9(10)13/h5-7,12-13H,2-4H2,1H3. The van der Waals surface area contributed by atoms with Crippen molar-refractivity contribution in [2.75, 3.05) is 0 Å². The number of benzene rings is 1. The summed E-state index contributed by atoms with van der Waals surface area (Å²) in [5.41, 5.74) is 0. The molecule has 1 rings (SSSR count). The first-order valence-electron chi connectivity index (χ1n) is 4.86. The average molecular weight is 210 g/mol. The van der Waals surface area contributed by atoms with Crippen LogP contribution in [-0.2, 0) is 4.79 Å². The molecule has 0 bridgehead atoms. The molecule has 0 aliphatic rings. The van der Waals surface area contributed by atoms with Gasteiger partial charge in [0.2, 0.25) is 0 Å². The van der Waals surface area contributed by atoms with Gasteiger partial charge in [0, 0.05) is 12.5 Å². The van der Waals surface area contributed by atoms with Crippen LogP contribution in [-0.4, -0.2) is 16.2 Å². The van der Waals surface area contributed by atoms with Gasteiger partial charge in [0.25, 0.3) is 0 Å². The number of unbranched alkanes of at least 4 members (excludes halogenated alkanes) is 1. The number of carbonyl (C=O) groups excluding carboxylic acids is 1. The van der Waals surface area contributed by atoms with E-state index < -0.39 is 5.97 Å². The molecule has 4 nitrogen and oxygen atoms in total. The molecule has 2 N–H and O–H groups in total. The fourth-order valence-electron chi connectivity index (χ4n) is 1.08. The van der Waals surface area contributed by atoms with Crippen LogP contribution in [0.5, 0.6) is 17.2 Å². The van der Waals surface area contributed by atoms with Crippen molar-refractivity contribution >= 4 is 5.97 Å². The topological polar surface area (TPSA) is 66.8 Å². The van der Waals surface area contributed by atoms with E-state index in [-0.39, 0.29) is 17.2 Å². The summed E-state index contributed by atoms with van der Waals surface area (Å²) in [5.74, 6) is -0.613. The first-order chi connectivity index (χ1) is 7.13. The van der Waals surface area contributed by atoms with Gasteiger partial charge in [0.05, 0.1) is 0 Å². The van der Waals surface area contributed by atoms with E-state index in [0.717, 1.165) is 12.8 Å². The normalized spacial score (nSPS) is 9.93. The maximum atomic E-state index is 11.2. The lowest BCUT2D eigenvalue weighted by Gasteiger charge is -2.05. The van der Waals surface area contributed by atoms with Crippen molar-refractivity contribution in [3.63, 3.8) is 0 Å². The van der Waals surface area contributed by atoms with Gasteiger partial charge < -0.3 is 14.9 Å². The lowest BCUT2D eigenvalue weighted by atomic mass is 10.2. The van der Waals surface area contributed by atoms with E-state index in [1.54, 1.807) is 0 Å². The number of phenolic OH excluding ortho intramolecular Hbond substituents is 2. The van der Waals surface area contributed by atoms with Crippen LogP contribution in [0.4, 0.5) is 0 Å². The second-order valence-electron chi connectivity index (χ2n) is 3.23. The van der Waals surface area contributed by atoms with Crippen LogP contribution in [0.25, 0.3) is 0 Å². The van der Waals surface area contributed by atoms with Crippen LogP contribution in [0.1, 0.15) is 26.2 Å². The molecule has 1 aromatic carbocycles. The number of ether oxygens (including phenoxy) is 1. The third-order valence-corrected chi connectivity index (χ3v) is 1.90. The summed E-state index contributed by atoms with van der Waals surface area (Å²) >= 11 is 0. The van der Waals surface area contributed by atoms with Crippen LogP contribution in [0.3, 0.4) is 0 Å². The second-order valence-corrected chi connectivity index (χ2v) is 3.23. The van der Waals surface area contributed by atoms with Crippen molar-refractivity contribution in [1.29, 1.82) is 0 Å². The van der Waals surface area contributed by atoms with Crippen LogP contribution in [0.15, 0.2) is 18.2 Å². The lowest BCUT2D eigenvalue weighted by Crippen LogP contribution is -2.07. The molecule has 82 valence electrons. The Morgan fingerprint density at radius 3 is 2.80 bits per heavy atom. The van der Waals surface area contributed by atoms with Crippen molar-refractivity contribution in [1.82, 2.24) is 0 Å². The van der Waals surface area contributed by atoms with Crippen LogP contribution in [0.2, 0.25) is 0 Å². The summed E-state index contributed by atoms with van der Waals surface area (Å²) in [4.78, 5) is 11.2. The Morgan fingerprint density at radius 2 is 2.13 bits per heavy atom. The molecule has 0 fully saturated rings. The lowest BCUT2D eigenvalue weighted by molar-refractivity contribution is -0.134. The average Bonchev–Trinajstić information content (AvgIpc) is 2.20. The number of rotatable bonds is 4. The van der Waals surface area contributed by atoms with Crippen molar-refractivity contribution in [3.8, 4) is 17.2 Å². The minimum absolute atomic E-state index is 0.00361. The molecular weight excluding hydrogens is 196 g/mol. The number of aromatic hydroxyl groups is 2. The summed E-state index contributed by atoms with van der Waals surface area (Å²) in [5, 5.41) is 18.4. The van der Waals surface area contributed by atoms with Crippen LogP contribution in [0, 0.1) is 0 Å². The van der Waals surface area contributed by atoms with Gasteiger partial charge in [-0.05, 0) is 18.6 Å². The first-order valence-corrected chi connectivity index (χ1v) is 4.86. The summed E-state index contributed by atoms with van der Waals surface area (Å²) in [7, 11) is 0. The molecule has 0 heterocycles. The van der Waals surface area contributed by atoms with Gasteiger partial charge in [-0.25, -0.2) is 0 Å². The third kappa shape index (κ3) is 3.50. The first kappa shape index (κ1) is 11.4. The van der Waals surface area contributed by atoms with Crippen molar-refractivity contribution in [2.45, 2.75) is 26.2 Å².